The third kappa shape index (κ3) is 7.36. The van der Waals surface area contributed by atoms with Crippen molar-refractivity contribution in [2.24, 2.45) is 5.10 Å². The molecule has 0 unspecified atom stereocenters. The molecule has 8 nitrogen and oxygen atoms in total. The van der Waals surface area contributed by atoms with Crippen molar-refractivity contribution in [1.29, 1.82) is 5.26 Å². The lowest BCUT2D eigenvalue weighted by Crippen LogP contribution is -2.25. The monoisotopic (exact) mass is 678 g/mol. The summed E-state index contributed by atoms with van der Waals surface area (Å²) in [6, 6.07) is 15.6. The molecule has 36 heavy (non-hydrogen) atoms. The number of nitriles is 1. The molecule has 0 aliphatic rings. The number of hydrazone groups is 1. The van der Waals surface area contributed by atoms with Crippen LogP contribution in [-0.4, -0.2) is 30.8 Å². The van der Waals surface area contributed by atoms with Crippen LogP contribution in [0.25, 0.3) is 0 Å². The minimum Gasteiger partial charge on any atom is -0.487 e. The molecule has 0 fully saturated rings. The first kappa shape index (κ1) is 27.8. The number of nitrogens with one attached hydrogen (secondary N) is 1. The molecular formula is C25H21Br3N4O4. The molecule has 0 atom stereocenters. The number of rotatable bonds is 10. The summed E-state index contributed by atoms with van der Waals surface area (Å²) >= 11 is 10.4. The van der Waals surface area contributed by atoms with Gasteiger partial charge in [-0.2, -0.15) is 10.4 Å². The summed E-state index contributed by atoms with van der Waals surface area (Å²) in [5, 5.41) is 13.5. The molecule has 3 rings (SSSR count). The van der Waals surface area contributed by atoms with Crippen molar-refractivity contribution in [1.82, 2.24) is 10.4 Å². The smallest absolute Gasteiger partial charge is 0.278 e. The van der Waals surface area contributed by atoms with Crippen LogP contribution in [0.5, 0.6) is 11.6 Å². The quantitative estimate of drug-likeness (QED) is 0.214. The number of nitrogens with zero attached hydrogens (tertiary/aromatic N) is 3. The zero-order valence-corrected chi connectivity index (χ0v) is 24.1. The standard InChI is InChI=1S/C25H21Br3N4O4/c1-15-23(28)19(13-34-2)18(10-29)25(31-15)36-14-22(33)32-30-11-17-8-20(26)24(21(27)9-17)35-12-16-6-4-3-5-7-16/h3-9,11H,12-14H2,1-2H3,(H,32,33)/b30-11-. The van der Waals surface area contributed by atoms with Gasteiger partial charge in [-0.05, 0) is 78.0 Å². The highest BCUT2D eigenvalue weighted by Gasteiger charge is 2.18. The molecule has 3 aromatic rings. The van der Waals surface area contributed by atoms with Crippen LogP contribution >= 0.6 is 47.8 Å². The zero-order chi connectivity index (χ0) is 26.1. The summed E-state index contributed by atoms with van der Waals surface area (Å²) in [6.45, 7) is 2.01. The Labute approximate surface area is 234 Å². The number of ether oxygens (including phenoxy) is 3. The number of halogens is 3. The van der Waals surface area contributed by atoms with Gasteiger partial charge in [0.05, 0.1) is 27.5 Å². The van der Waals surface area contributed by atoms with Crippen LogP contribution in [0.3, 0.4) is 0 Å². The van der Waals surface area contributed by atoms with Gasteiger partial charge in [-0.15, -0.1) is 0 Å². The maximum atomic E-state index is 12.2. The lowest BCUT2D eigenvalue weighted by molar-refractivity contribution is -0.123. The molecule has 0 bridgehead atoms. The predicted octanol–water partition coefficient (Wildman–Crippen LogP) is 5.80. The number of hydrogen-bond acceptors (Lipinski definition) is 7. The Morgan fingerprint density at radius 1 is 1.14 bits per heavy atom. The second kappa shape index (κ2) is 13.5. The van der Waals surface area contributed by atoms with E-state index in [-0.39, 0.29) is 24.7 Å². The molecule has 11 heteroatoms. The molecule has 0 radical (unpaired) electrons. The zero-order valence-electron chi connectivity index (χ0n) is 19.3. The summed E-state index contributed by atoms with van der Waals surface area (Å²) in [7, 11) is 1.53. The van der Waals surface area contributed by atoms with E-state index in [1.54, 1.807) is 6.92 Å². The van der Waals surface area contributed by atoms with Crippen molar-refractivity contribution in [3.05, 3.63) is 83.8 Å². The van der Waals surface area contributed by atoms with Crippen molar-refractivity contribution >= 4 is 59.9 Å². The SMILES string of the molecule is COCc1c(Br)c(C)nc(OCC(=O)N/N=C\c2cc(Br)c(OCc3ccccc3)c(Br)c2)c1C#N. The van der Waals surface area contributed by atoms with E-state index in [4.69, 9.17) is 14.2 Å². The largest absolute Gasteiger partial charge is 0.487 e. The van der Waals surface area contributed by atoms with Crippen molar-refractivity contribution in [2.75, 3.05) is 13.7 Å². The molecule has 1 amide bonds. The van der Waals surface area contributed by atoms with E-state index in [1.807, 2.05) is 42.5 Å². The molecule has 0 spiro atoms. The second-order valence-corrected chi connectivity index (χ2v) is 9.89. The maximum absolute atomic E-state index is 12.2. The Kier molecular flexibility index (Phi) is 10.4. The summed E-state index contributed by atoms with van der Waals surface area (Å²) in [5.41, 5.74) is 5.60. The van der Waals surface area contributed by atoms with E-state index < -0.39 is 5.91 Å². The molecule has 186 valence electrons. The van der Waals surface area contributed by atoms with Crippen LogP contribution in [0.4, 0.5) is 0 Å². The molecule has 0 saturated heterocycles. The van der Waals surface area contributed by atoms with Crippen LogP contribution in [0.1, 0.15) is 27.9 Å². The highest BCUT2D eigenvalue weighted by molar-refractivity contribution is 9.11. The number of methoxy groups -OCH3 is 1. The fourth-order valence-corrected chi connectivity index (χ4v) is 4.93. The number of aromatic nitrogens is 1. The highest BCUT2D eigenvalue weighted by atomic mass is 79.9. The van der Waals surface area contributed by atoms with Crippen LogP contribution in [0.15, 0.2) is 61.0 Å². The number of carbonyl (C=O) groups is 1. The maximum Gasteiger partial charge on any atom is 0.278 e. The summed E-state index contributed by atoms with van der Waals surface area (Å²) in [6.07, 6.45) is 1.49. The van der Waals surface area contributed by atoms with E-state index in [2.05, 4.69) is 69.4 Å². The molecular weight excluding hydrogens is 660 g/mol. The third-order valence-corrected chi connectivity index (χ3v) is 6.99. The fraction of sp³-hybridized carbons (Fsp3) is 0.200. The number of benzene rings is 2. The van der Waals surface area contributed by atoms with Crippen molar-refractivity contribution in [3.63, 3.8) is 0 Å². The molecule has 0 aliphatic carbocycles. The number of hydrogen-bond donors (Lipinski definition) is 1. The van der Waals surface area contributed by atoms with E-state index in [9.17, 15) is 10.1 Å². The predicted molar refractivity (Wildman–Crippen MR) is 146 cm³/mol. The van der Waals surface area contributed by atoms with Crippen LogP contribution in [0, 0.1) is 18.3 Å². The molecule has 1 aromatic heterocycles. The normalized spacial score (nSPS) is 10.8. The third-order valence-electron chi connectivity index (χ3n) is 4.76. The van der Waals surface area contributed by atoms with Gasteiger partial charge in [-0.25, -0.2) is 10.4 Å². The van der Waals surface area contributed by atoms with Gasteiger partial charge >= 0.3 is 0 Å². The first-order valence-electron chi connectivity index (χ1n) is 10.5. The van der Waals surface area contributed by atoms with Crippen molar-refractivity contribution in [2.45, 2.75) is 20.1 Å². The molecule has 0 aliphatic heterocycles. The minimum absolute atomic E-state index is 0.0586. The average molecular weight is 681 g/mol. The van der Waals surface area contributed by atoms with Gasteiger partial charge < -0.3 is 14.2 Å². The van der Waals surface area contributed by atoms with Crippen molar-refractivity contribution < 1.29 is 19.0 Å². The summed E-state index contributed by atoms with van der Waals surface area (Å²) in [5.74, 6) is 0.210. The number of amides is 1. The molecule has 1 heterocycles. The Morgan fingerprint density at radius 2 is 1.83 bits per heavy atom. The number of carbonyl (C=O) groups excluding carboxylic acids is 1. The van der Waals surface area contributed by atoms with Gasteiger partial charge in [0.1, 0.15) is 24.0 Å². The van der Waals surface area contributed by atoms with Gasteiger partial charge in [0.2, 0.25) is 5.88 Å². The molecule has 0 saturated carbocycles. The summed E-state index contributed by atoms with van der Waals surface area (Å²) in [4.78, 5) is 16.5. The van der Waals surface area contributed by atoms with Crippen LogP contribution in [-0.2, 0) is 22.7 Å². The Morgan fingerprint density at radius 3 is 2.47 bits per heavy atom. The van der Waals surface area contributed by atoms with E-state index in [1.165, 1.54) is 13.3 Å². The fourth-order valence-electron chi connectivity index (χ4n) is 3.08. The second-order valence-electron chi connectivity index (χ2n) is 7.38. The van der Waals surface area contributed by atoms with E-state index >= 15 is 0 Å². The Balaban J connectivity index is 1.60. The number of aryl methyl sites for hydroxylation is 1. The highest BCUT2D eigenvalue weighted by Crippen LogP contribution is 2.35. The van der Waals surface area contributed by atoms with Gasteiger partial charge in [-0.3, -0.25) is 4.79 Å². The van der Waals surface area contributed by atoms with Crippen LogP contribution < -0.4 is 14.9 Å². The van der Waals surface area contributed by atoms with E-state index in [0.717, 1.165) is 20.1 Å². The summed E-state index contributed by atoms with van der Waals surface area (Å²) < 4.78 is 18.7. The van der Waals surface area contributed by atoms with Gasteiger partial charge in [0.15, 0.2) is 6.61 Å². The topological polar surface area (TPSA) is 106 Å². The van der Waals surface area contributed by atoms with Crippen LogP contribution in [0.2, 0.25) is 0 Å². The number of pyridine rings is 1. The lowest BCUT2D eigenvalue weighted by atomic mass is 10.1. The van der Waals surface area contributed by atoms with Crippen molar-refractivity contribution in [3.8, 4) is 17.7 Å². The van der Waals surface area contributed by atoms with E-state index in [0.29, 0.717) is 28.1 Å². The molecule has 1 N–H and O–H groups in total. The first-order valence-corrected chi connectivity index (χ1v) is 12.9. The average Bonchev–Trinajstić information content (AvgIpc) is 2.86. The Hall–Kier alpha value is -2.78. The van der Waals surface area contributed by atoms with Gasteiger partial charge in [-0.1, -0.05) is 30.3 Å². The minimum atomic E-state index is -0.508. The Bertz CT molecular complexity index is 1290. The molecule has 2 aromatic carbocycles. The van der Waals surface area contributed by atoms with Gasteiger partial charge in [0.25, 0.3) is 5.91 Å². The lowest BCUT2D eigenvalue weighted by Gasteiger charge is -2.13. The van der Waals surface area contributed by atoms with Gasteiger partial charge in [0, 0.05) is 17.1 Å². The first-order chi connectivity index (χ1) is 17.3.